The van der Waals surface area contributed by atoms with E-state index in [-0.39, 0.29) is 5.41 Å². The molecule has 3 heteroatoms. The predicted molar refractivity (Wildman–Crippen MR) is 84.0 cm³/mol. The smallest absolute Gasteiger partial charge is 0.303 e. The van der Waals surface area contributed by atoms with Gasteiger partial charge in [0.2, 0.25) is 0 Å². The molecule has 0 atom stereocenters. The molecule has 0 aromatic heterocycles. The molecule has 0 radical (unpaired) electrons. The van der Waals surface area contributed by atoms with Crippen LogP contribution in [-0.2, 0) is 10.5 Å². The fourth-order valence-electron chi connectivity index (χ4n) is 2.67. The number of thioether (sulfide) groups is 1. The third kappa shape index (κ3) is 2.98. The standard InChI is InChI=1S/C17H18O2S/c18-16(19)10-17(8-9-17)12-20-11-14-6-3-5-13-4-1-2-7-15(13)14/h1-7H,8-12H2,(H,18,19). The lowest BCUT2D eigenvalue weighted by Gasteiger charge is -2.12. The van der Waals surface area contributed by atoms with Gasteiger partial charge in [-0.2, -0.15) is 11.8 Å². The topological polar surface area (TPSA) is 37.3 Å². The van der Waals surface area contributed by atoms with E-state index in [4.69, 9.17) is 5.11 Å². The summed E-state index contributed by atoms with van der Waals surface area (Å²) in [5, 5.41) is 11.5. The van der Waals surface area contributed by atoms with Crippen molar-refractivity contribution < 1.29 is 9.90 Å². The number of hydrogen-bond donors (Lipinski definition) is 1. The minimum Gasteiger partial charge on any atom is -0.481 e. The zero-order valence-electron chi connectivity index (χ0n) is 11.3. The Hall–Kier alpha value is -1.48. The molecule has 0 amide bonds. The number of rotatable bonds is 6. The lowest BCUT2D eigenvalue weighted by atomic mass is 10.1. The van der Waals surface area contributed by atoms with Crippen LogP contribution < -0.4 is 0 Å². The largest absolute Gasteiger partial charge is 0.481 e. The summed E-state index contributed by atoms with van der Waals surface area (Å²) in [7, 11) is 0. The third-order valence-corrected chi connectivity index (χ3v) is 5.36. The van der Waals surface area contributed by atoms with Gasteiger partial charge in [-0.25, -0.2) is 0 Å². The molecule has 0 unspecified atom stereocenters. The van der Waals surface area contributed by atoms with Crippen molar-refractivity contribution in [3.63, 3.8) is 0 Å². The highest BCUT2D eigenvalue weighted by atomic mass is 32.2. The van der Waals surface area contributed by atoms with Gasteiger partial charge in [0, 0.05) is 5.75 Å². The first kappa shape index (κ1) is 13.5. The second-order valence-electron chi connectivity index (χ2n) is 5.70. The third-order valence-electron chi connectivity index (χ3n) is 4.03. The van der Waals surface area contributed by atoms with Gasteiger partial charge < -0.3 is 5.11 Å². The summed E-state index contributed by atoms with van der Waals surface area (Å²) >= 11 is 1.87. The van der Waals surface area contributed by atoms with E-state index in [1.54, 1.807) is 0 Å². The van der Waals surface area contributed by atoms with Crippen molar-refractivity contribution in [2.75, 3.05) is 5.75 Å². The first-order chi connectivity index (χ1) is 9.69. The number of carboxylic acids is 1. The summed E-state index contributed by atoms with van der Waals surface area (Å²) in [4.78, 5) is 10.9. The van der Waals surface area contributed by atoms with Crippen LogP contribution in [0.25, 0.3) is 10.8 Å². The monoisotopic (exact) mass is 286 g/mol. The number of carbonyl (C=O) groups is 1. The van der Waals surface area contributed by atoms with Crippen molar-refractivity contribution in [3.05, 3.63) is 48.0 Å². The van der Waals surface area contributed by atoms with Crippen LogP contribution in [0.15, 0.2) is 42.5 Å². The molecule has 1 aliphatic rings. The van der Waals surface area contributed by atoms with Gasteiger partial charge in [-0.05, 0) is 40.3 Å². The highest BCUT2D eigenvalue weighted by Gasteiger charge is 2.43. The van der Waals surface area contributed by atoms with Crippen LogP contribution in [0.3, 0.4) is 0 Å². The van der Waals surface area contributed by atoms with Gasteiger partial charge in [-0.15, -0.1) is 0 Å². The quantitative estimate of drug-likeness (QED) is 0.859. The minimum absolute atomic E-state index is 0.0844. The molecule has 2 aromatic carbocycles. The van der Waals surface area contributed by atoms with Gasteiger partial charge in [0.25, 0.3) is 0 Å². The van der Waals surface area contributed by atoms with Crippen LogP contribution in [0.2, 0.25) is 0 Å². The van der Waals surface area contributed by atoms with Crippen LogP contribution in [0, 0.1) is 5.41 Å². The second-order valence-corrected chi connectivity index (χ2v) is 6.69. The zero-order chi connectivity index (χ0) is 14.0. The molecule has 0 spiro atoms. The number of aliphatic carboxylic acids is 1. The maximum absolute atomic E-state index is 10.9. The molecule has 1 saturated carbocycles. The maximum Gasteiger partial charge on any atom is 0.303 e. The Kier molecular flexibility index (Phi) is 3.70. The van der Waals surface area contributed by atoms with E-state index < -0.39 is 5.97 Å². The highest BCUT2D eigenvalue weighted by molar-refractivity contribution is 7.98. The molecule has 2 nitrogen and oxygen atoms in total. The van der Waals surface area contributed by atoms with E-state index in [1.807, 2.05) is 11.8 Å². The molecule has 0 aliphatic heterocycles. The van der Waals surface area contributed by atoms with Gasteiger partial charge in [0.05, 0.1) is 6.42 Å². The van der Waals surface area contributed by atoms with Crippen LogP contribution in [0.4, 0.5) is 0 Å². The average molecular weight is 286 g/mol. The molecular formula is C17H18O2S. The van der Waals surface area contributed by atoms with Gasteiger partial charge in [0.1, 0.15) is 0 Å². The Balaban J connectivity index is 1.65. The maximum atomic E-state index is 10.9. The Morgan fingerprint density at radius 2 is 1.90 bits per heavy atom. The number of hydrogen-bond acceptors (Lipinski definition) is 2. The number of fused-ring (bicyclic) bond motifs is 1. The van der Waals surface area contributed by atoms with E-state index in [0.717, 1.165) is 24.3 Å². The predicted octanol–water partition coefficient (Wildman–Crippen LogP) is 4.33. The Morgan fingerprint density at radius 3 is 2.65 bits per heavy atom. The van der Waals surface area contributed by atoms with Crippen molar-refractivity contribution in [2.45, 2.75) is 25.0 Å². The van der Waals surface area contributed by atoms with Crippen molar-refractivity contribution in [1.82, 2.24) is 0 Å². The Bertz CT molecular complexity index is 626. The molecule has 2 aromatic rings. The van der Waals surface area contributed by atoms with Crippen LogP contribution >= 0.6 is 11.8 Å². The molecule has 0 saturated heterocycles. The van der Waals surface area contributed by atoms with E-state index in [1.165, 1.54) is 16.3 Å². The summed E-state index contributed by atoms with van der Waals surface area (Å²) < 4.78 is 0. The molecule has 0 heterocycles. The van der Waals surface area contributed by atoms with E-state index in [9.17, 15) is 4.79 Å². The lowest BCUT2D eigenvalue weighted by molar-refractivity contribution is -0.138. The molecule has 0 bridgehead atoms. The van der Waals surface area contributed by atoms with Crippen LogP contribution in [-0.4, -0.2) is 16.8 Å². The average Bonchev–Trinajstić information content (AvgIpc) is 3.18. The first-order valence-electron chi connectivity index (χ1n) is 6.95. The van der Waals surface area contributed by atoms with Crippen molar-refractivity contribution >= 4 is 28.5 Å². The molecule has 104 valence electrons. The summed E-state index contributed by atoms with van der Waals surface area (Å²) in [5.41, 5.74) is 1.43. The fourth-order valence-corrected chi connectivity index (χ4v) is 4.06. The fraction of sp³-hybridized carbons (Fsp3) is 0.353. The van der Waals surface area contributed by atoms with Gasteiger partial charge in [-0.3, -0.25) is 4.79 Å². The highest BCUT2D eigenvalue weighted by Crippen LogP contribution is 2.51. The normalized spacial score (nSPS) is 16.2. The van der Waals surface area contributed by atoms with Crippen LogP contribution in [0.1, 0.15) is 24.8 Å². The molecule has 1 aliphatic carbocycles. The van der Waals surface area contributed by atoms with Gasteiger partial charge in [-0.1, -0.05) is 42.5 Å². The molecule has 1 N–H and O–H groups in total. The second kappa shape index (κ2) is 5.49. The summed E-state index contributed by atoms with van der Waals surface area (Å²) in [5.74, 6) is 1.26. The van der Waals surface area contributed by atoms with E-state index in [0.29, 0.717) is 6.42 Å². The minimum atomic E-state index is -0.659. The van der Waals surface area contributed by atoms with Crippen molar-refractivity contribution in [1.29, 1.82) is 0 Å². The number of carboxylic acid groups (broad SMARTS) is 1. The Morgan fingerprint density at radius 1 is 1.15 bits per heavy atom. The summed E-state index contributed by atoms with van der Waals surface area (Å²) in [6.45, 7) is 0. The van der Waals surface area contributed by atoms with Crippen LogP contribution in [0.5, 0.6) is 0 Å². The van der Waals surface area contributed by atoms with Crippen molar-refractivity contribution in [2.24, 2.45) is 5.41 Å². The lowest BCUT2D eigenvalue weighted by Crippen LogP contribution is -2.11. The molecule has 1 fully saturated rings. The molecule has 20 heavy (non-hydrogen) atoms. The summed E-state index contributed by atoms with van der Waals surface area (Å²) in [6, 6.07) is 14.8. The SMILES string of the molecule is O=C(O)CC1(CSCc2cccc3ccccc23)CC1. The van der Waals surface area contributed by atoms with Gasteiger partial charge >= 0.3 is 5.97 Å². The first-order valence-corrected chi connectivity index (χ1v) is 8.10. The van der Waals surface area contributed by atoms with Crippen molar-refractivity contribution in [3.8, 4) is 0 Å². The van der Waals surface area contributed by atoms with E-state index in [2.05, 4.69) is 42.5 Å². The molecule has 3 rings (SSSR count). The number of benzene rings is 2. The zero-order valence-corrected chi connectivity index (χ0v) is 12.2. The molecular weight excluding hydrogens is 268 g/mol. The Labute approximate surface area is 123 Å². The van der Waals surface area contributed by atoms with Gasteiger partial charge in [0.15, 0.2) is 0 Å². The summed E-state index contributed by atoms with van der Waals surface area (Å²) in [6.07, 6.45) is 2.47. The van der Waals surface area contributed by atoms with E-state index >= 15 is 0 Å².